The Morgan fingerprint density at radius 2 is 1.77 bits per heavy atom. The Morgan fingerprint density at radius 1 is 1.27 bits per heavy atom. The van der Waals surface area contributed by atoms with Gasteiger partial charge in [0.25, 0.3) is 0 Å². The Balaban J connectivity index is 0.000000338. The first-order chi connectivity index (χ1) is 10.6. The van der Waals surface area contributed by atoms with Crippen LogP contribution in [0.15, 0.2) is 12.7 Å². The van der Waals surface area contributed by atoms with Crippen LogP contribution in [0.5, 0.6) is 0 Å². The van der Waals surface area contributed by atoms with Crippen LogP contribution in [0.3, 0.4) is 0 Å². The van der Waals surface area contributed by atoms with Gasteiger partial charge in [0.2, 0.25) is 0 Å². The molecule has 0 saturated carbocycles. The van der Waals surface area contributed by atoms with E-state index in [1.54, 1.807) is 0 Å². The number of hydrogen-bond acceptors (Lipinski definition) is 6. The molecule has 0 aromatic carbocycles. The summed E-state index contributed by atoms with van der Waals surface area (Å²) in [6.07, 6.45) is 1.98. The Morgan fingerprint density at radius 3 is 2.09 bits per heavy atom. The van der Waals surface area contributed by atoms with E-state index in [1.165, 1.54) is 13.0 Å². The summed E-state index contributed by atoms with van der Waals surface area (Å²) in [6.45, 7) is 15.1. The Labute approximate surface area is 134 Å². The van der Waals surface area contributed by atoms with Crippen molar-refractivity contribution in [2.75, 3.05) is 59.2 Å². The smallest absolute Gasteiger partial charge is 0.152 e. The van der Waals surface area contributed by atoms with E-state index in [0.29, 0.717) is 0 Å². The van der Waals surface area contributed by atoms with Gasteiger partial charge in [0.05, 0.1) is 32.5 Å². The summed E-state index contributed by atoms with van der Waals surface area (Å²) in [5.41, 5.74) is 0. The molecule has 6 nitrogen and oxygen atoms in total. The predicted molar refractivity (Wildman–Crippen MR) is 88.1 cm³/mol. The third kappa shape index (κ3) is 15.6. The summed E-state index contributed by atoms with van der Waals surface area (Å²) < 4.78 is 10.2. The summed E-state index contributed by atoms with van der Waals surface area (Å²) in [5.74, 6) is 0.0185. The van der Waals surface area contributed by atoms with Crippen LogP contribution in [0, 0.1) is 0 Å². The normalized spacial score (nSPS) is 19.8. The van der Waals surface area contributed by atoms with Gasteiger partial charge in [-0.05, 0) is 26.3 Å². The molecular weight excluding hydrogens is 284 g/mol. The van der Waals surface area contributed by atoms with Crippen LogP contribution in [0.25, 0.3) is 0 Å². The number of nitrogens with zero attached hydrogens (tertiary/aromatic N) is 1. The van der Waals surface area contributed by atoms with Crippen molar-refractivity contribution in [3.8, 4) is 0 Å². The first-order valence-electron chi connectivity index (χ1n) is 7.96. The SMILES string of the molecule is C1COCCN1.C=CC(C)=O.CC(O)CCN1CCOCC1. The lowest BCUT2D eigenvalue weighted by Crippen LogP contribution is -2.37. The molecule has 0 aromatic heterocycles. The molecule has 0 bridgehead atoms. The highest BCUT2D eigenvalue weighted by atomic mass is 16.5. The average Bonchev–Trinajstić information content (AvgIpc) is 2.56. The second kappa shape index (κ2) is 15.1. The highest BCUT2D eigenvalue weighted by Gasteiger charge is 2.09. The fourth-order valence-electron chi connectivity index (χ4n) is 1.71. The molecule has 6 heteroatoms. The molecule has 0 aliphatic carbocycles. The van der Waals surface area contributed by atoms with Crippen molar-refractivity contribution in [3.63, 3.8) is 0 Å². The van der Waals surface area contributed by atoms with Crippen molar-refractivity contribution in [3.05, 3.63) is 12.7 Å². The van der Waals surface area contributed by atoms with E-state index in [9.17, 15) is 4.79 Å². The topological polar surface area (TPSA) is 71.0 Å². The predicted octanol–water partition coefficient (Wildman–Crippen LogP) is 0.457. The Hall–Kier alpha value is -0.790. The van der Waals surface area contributed by atoms with E-state index in [0.717, 1.165) is 65.6 Å². The summed E-state index contributed by atoms with van der Waals surface area (Å²) in [4.78, 5) is 12.0. The van der Waals surface area contributed by atoms with Crippen LogP contribution in [0.4, 0.5) is 0 Å². The molecule has 22 heavy (non-hydrogen) atoms. The summed E-state index contributed by atoms with van der Waals surface area (Å²) in [6, 6.07) is 0. The zero-order valence-electron chi connectivity index (χ0n) is 14.1. The largest absolute Gasteiger partial charge is 0.393 e. The number of aliphatic hydroxyl groups is 1. The van der Waals surface area contributed by atoms with Crippen molar-refractivity contribution in [2.45, 2.75) is 26.4 Å². The van der Waals surface area contributed by atoms with Gasteiger partial charge in [0.15, 0.2) is 5.78 Å². The van der Waals surface area contributed by atoms with Crippen molar-refractivity contribution < 1.29 is 19.4 Å². The second-order valence-corrected chi connectivity index (χ2v) is 5.27. The zero-order chi connectivity index (χ0) is 16.6. The van der Waals surface area contributed by atoms with Crippen LogP contribution < -0.4 is 5.32 Å². The molecule has 2 rings (SSSR count). The van der Waals surface area contributed by atoms with Crippen molar-refractivity contribution in [1.29, 1.82) is 0 Å². The maximum atomic E-state index is 9.69. The van der Waals surface area contributed by atoms with Crippen LogP contribution in [0.2, 0.25) is 0 Å². The van der Waals surface area contributed by atoms with Gasteiger partial charge in [0, 0.05) is 32.7 Å². The van der Waals surface area contributed by atoms with Gasteiger partial charge in [-0.1, -0.05) is 6.58 Å². The average molecular weight is 316 g/mol. The van der Waals surface area contributed by atoms with E-state index in [-0.39, 0.29) is 11.9 Å². The molecule has 2 heterocycles. The minimum atomic E-state index is -0.169. The van der Waals surface area contributed by atoms with Crippen LogP contribution in [-0.2, 0) is 14.3 Å². The number of ether oxygens (including phenoxy) is 2. The molecule has 0 radical (unpaired) electrons. The number of carbonyl (C=O) groups excluding carboxylic acids is 1. The summed E-state index contributed by atoms with van der Waals surface area (Å²) in [7, 11) is 0. The highest BCUT2D eigenvalue weighted by molar-refractivity contribution is 5.86. The van der Waals surface area contributed by atoms with Crippen LogP contribution in [-0.4, -0.2) is 81.0 Å². The van der Waals surface area contributed by atoms with E-state index in [1.807, 2.05) is 6.92 Å². The highest BCUT2D eigenvalue weighted by Crippen LogP contribution is 1.99. The number of hydrogen-bond donors (Lipinski definition) is 2. The lowest BCUT2D eigenvalue weighted by atomic mass is 10.2. The molecule has 2 saturated heterocycles. The van der Waals surface area contributed by atoms with Gasteiger partial charge in [-0.25, -0.2) is 0 Å². The molecular formula is C16H32N2O4. The van der Waals surface area contributed by atoms with Crippen molar-refractivity contribution >= 4 is 5.78 Å². The lowest BCUT2D eigenvalue weighted by molar-refractivity contribution is -0.112. The maximum absolute atomic E-state index is 9.69. The third-order valence-corrected chi connectivity index (χ3v) is 3.10. The molecule has 2 aliphatic heterocycles. The minimum absolute atomic E-state index is 0.0185. The van der Waals surface area contributed by atoms with E-state index < -0.39 is 0 Å². The molecule has 2 fully saturated rings. The molecule has 0 amide bonds. The molecule has 0 spiro atoms. The first-order valence-corrected chi connectivity index (χ1v) is 7.96. The van der Waals surface area contributed by atoms with Crippen molar-refractivity contribution in [2.24, 2.45) is 0 Å². The molecule has 130 valence electrons. The van der Waals surface area contributed by atoms with Gasteiger partial charge in [0.1, 0.15) is 0 Å². The molecule has 0 aromatic rings. The number of aliphatic hydroxyl groups excluding tert-OH is 1. The monoisotopic (exact) mass is 316 g/mol. The Kier molecular flexibility index (Phi) is 14.6. The maximum Gasteiger partial charge on any atom is 0.152 e. The summed E-state index contributed by atoms with van der Waals surface area (Å²) in [5, 5.41) is 12.2. The quantitative estimate of drug-likeness (QED) is 0.734. The van der Waals surface area contributed by atoms with Gasteiger partial charge >= 0.3 is 0 Å². The second-order valence-electron chi connectivity index (χ2n) is 5.27. The van der Waals surface area contributed by atoms with E-state index in [2.05, 4.69) is 16.8 Å². The molecule has 1 unspecified atom stereocenters. The number of morpholine rings is 2. The van der Waals surface area contributed by atoms with Gasteiger partial charge in [-0.2, -0.15) is 0 Å². The number of ketones is 1. The summed E-state index contributed by atoms with van der Waals surface area (Å²) >= 11 is 0. The van der Waals surface area contributed by atoms with Crippen LogP contribution >= 0.6 is 0 Å². The minimum Gasteiger partial charge on any atom is -0.393 e. The van der Waals surface area contributed by atoms with E-state index >= 15 is 0 Å². The number of carbonyl (C=O) groups is 1. The van der Waals surface area contributed by atoms with Gasteiger partial charge in [-0.3, -0.25) is 9.69 Å². The fourth-order valence-corrected chi connectivity index (χ4v) is 1.71. The van der Waals surface area contributed by atoms with Crippen molar-refractivity contribution in [1.82, 2.24) is 10.2 Å². The molecule has 2 N–H and O–H groups in total. The van der Waals surface area contributed by atoms with Gasteiger partial charge < -0.3 is 19.9 Å². The van der Waals surface area contributed by atoms with Gasteiger partial charge in [-0.15, -0.1) is 0 Å². The Bertz CT molecular complexity index is 264. The number of allylic oxidation sites excluding steroid dienone is 1. The molecule has 1 atom stereocenters. The lowest BCUT2D eigenvalue weighted by Gasteiger charge is -2.26. The fraction of sp³-hybridized carbons (Fsp3) is 0.812. The zero-order valence-corrected chi connectivity index (χ0v) is 14.1. The standard InChI is InChI=1S/C8H17NO2.C4H9NO.C4H6O/c1-8(10)2-3-9-4-6-11-7-5-9;1-3-6-4-2-5-1;1-3-4(2)5/h8,10H,2-7H2,1H3;5H,1-4H2;3H,1H2,2H3. The van der Waals surface area contributed by atoms with Crippen LogP contribution in [0.1, 0.15) is 20.3 Å². The number of nitrogens with one attached hydrogen (secondary N) is 1. The first kappa shape index (κ1) is 21.2. The number of rotatable bonds is 4. The molecule has 2 aliphatic rings. The van der Waals surface area contributed by atoms with E-state index in [4.69, 9.17) is 14.6 Å². The third-order valence-electron chi connectivity index (χ3n) is 3.10.